The number of carbonyl (C=O) groups excluding carboxylic acids is 3. The van der Waals surface area contributed by atoms with Gasteiger partial charge in [0.05, 0.1) is 12.2 Å². The zero-order valence-corrected chi connectivity index (χ0v) is 22.5. The molecule has 1 aliphatic heterocycles. The molecule has 1 heterocycles. The van der Waals surface area contributed by atoms with Crippen LogP contribution in [0, 0.1) is 28.6 Å². The molecule has 0 bridgehead atoms. The van der Waals surface area contributed by atoms with Crippen molar-refractivity contribution in [1.29, 1.82) is 0 Å². The first-order valence-corrected chi connectivity index (χ1v) is 13.7. The lowest BCUT2D eigenvalue weighted by Crippen LogP contribution is -2.63. The molecule has 8 nitrogen and oxygen atoms in total. The van der Waals surface area contributed by atoms with Crippen molar-refractivity contribution in [2.45, 2.75) is 83.4 Å². The number of nitrogens with one attached hydrogen (secondary N) is 1. The molecule has 5 aliphatic rings. The van der Waals surface area contributed by atoms with Crippen molar-refractivity contribution in [3.05, 3.63) is 23.8 Å². The standard InChI is InChI=1S/C27H38NO7P/c1-15(29)33-14-21(32)27-22(34-23(35-27)5-4-10-28-36)12-19-18-7-6-16-11-17(30)8-9-25(16,2)24(18)20(31)13-26(19,27)3/h6,8-9,18-20,22-24,28,31H,4-5,7,10-14,36H2,1-3H3. The smallest absolute Gasteiger partial charge is 0.303 e. The number of fused-ring (bicyclic) bond motifs is 7. The second kappa shape index (κ2) is 9.39. The summed E-state index contributed by atoms with van der Waals surface area (Å²) in [5.41, 5.74) is -1.26. The number of ketones is 2. The molecule has 5 rings (SSSR count). The highest BCUT2D eigenvalue weighted by Crippen LogP contribution is 2.69. The van der Waals surface area contributed by atoms with E-state index in [4.69, 9.17) is 14.2 Å². The van der Waals surface area contributed by atoms with Crippen LogP contribution < -0.4 is 5.09 Å². The van der Waals surface area contributed by atoms with E-state index in [0.717, 1.165) is 25.0 Å². The molecule has 4 aliphatic carbocycles. The van der Waals surface area contributed by atoms with Crippen LogP contribution in [0.1, 0.15) is 59.3 Å². The number of aliphatic hydroxyl groups is 1. The van der Waals surface area contributed by atoms with Crippen LogP contribution in [0.15, 0.2) is 23.8 Å². The van der Waals surface area contributed by atoms with Gasteiger partial charge in [0.2, 0.25) is 5.78 Å². The number of carbonyl (C=O) groups is 3. The van der Waals surface area contributed by atoms with Crippen molar-refractivity contribution in [2.75, 3.05) is 13.2 Å². The molecule has 10 atom stereocenters. The van der Waals surface area contributed by atoms with Crippen molar-refractivity contribution in [3.63, 3.8) is 0 Å². The molecule has 0 aromatic heterocycles. The topological polar surface area (TPSA) is 111 Å². The number of allylic oxidation sites excluding steroid dienone is 4. The molecular weight excluding hydrogens is 481 g/mol. The lowest BCUT2D eigenvalue weighted by atomic mass is 9.47. The van der Waals surface area contributed by atoms with Crippen LogP contribution in [-0.2, 0) is 28.6 Å². The Labute approximate surface area is 214 Å². The minimum Gasteiger partial charge on any atom is -0.458 e. The maximum atomic E-state index is 13.8. The van der Waals surface area contributed by atoms with Gasteiger partial charge in [-0.3, -0.25) is 14.4 Å². The van der Waals surface area contributed by atoms with E-state index in [0.29, 0.717) is 25.7 Å². The van der Waals surface area contributed by atoms with E-state index in [9.17, 15) is 19.5 Å². The zero-order valence-electron chi connectivity index (χ0n) is 21.3. The number of hydrogen-bond donors (Lipinski definition) is 2. The number of rotatable bonds is 7. The molecular formula is C27H38NO7P. The quantitative estimate of drug-likeness (QED) is 0.229. The average molecular weight is 520 g/mol. The van der Waals surface area contributed by atoms with Crippen molar-refractivity contribution in [2.24, 2.45) is 28.6 Å². The average Bonchev–Trinajstić information content (AvgIpc) is 3.30. The Balaban J connectivity index is 1.50. The van der Waals surface area contributed by atoms with Crippen LogP contribution in [0.5, 0.6) is 0 Å². The van der Waals surface area contributed by atoms with E-state index in [2.05, 4.69) is 34.4 Å². The third kappa shape index (κ3) is 3.79. The summed E-state index contributed by atoms with van der Waals surface area (Å²) < 4.78 is 18.1. The second-order valence-electron chi connectivity index (χ2n) is 11.7. The molecule has 0 amide bonds. The first-order valence-electron chi connectivity index (χ1n) is 13.1. The summed E-state index contributed by atoms with van der Waals surface area (Å²) in [6.07, 6.45) is 7.80. The third-order valence-corrected chi connectivity index (χ3v) is 10.1. The fraction of sp³-hybridized carbons (Fsp3) is 0.741. The maximum absolute atomic E-state index is 13.8. The summed E-state index contributed by atoms with van der Waals surface area (Å²) in [5, 5.41) is 14.8. The Morgan fingerprint density at radius 3 is 2.83 bits per heavy atom. The van der Waals surface area contributed by atoms with Crippen molar-refractivity contribution in [1.82, 2.24) is 5.09 Å². The van der Waals surface area contributed by atoms with Gasteiger partial charge in [-0.05, 0) is 56.6 Å². The molecule has 0 aromatic rings. The van der Waals surface area contributed by atoms with Gasteiger partial charge in [0, 0.05) is 30.1 Å². The van der Waals surface area contributed by atoms with Crippen LogP contribution in [-0.4, -0.2) is 59.9 Å². The molecule has 0 radical (unpaired) electrons. The van der Waals surface area contributed by atoms with E-state index < -0.39 is 35.5 Å². The lowest BCUT2D eigenvalue weighted by molar-refractivity contribution is -0.199. The van der Waals surface area contributed by atoms with E-state index >= 15 is 0 Å². The van der Waals surface area contributed by atoms with Crippen molar-refractivity contribution in [3.8, 4) is 0 Å². The van der Waals surface area contributed by atoms with Gasteiger partial charge < -0.3 is 24.4 Å². The molecule has 2 N–H and O–H groups in total. The highest BCUT2D eigenvalue weighted by Gasteiger charge is 2.75. The van der Waals surface area contributed by atoms with Gasteiger partial charge in [0.15, 0.2) is 24.3 Å². The number of esters is 1. The monoisotopic (exact) mass is 519 g/mol. The van der Waals surface area contributed by atoms with Crippen molar-refractivity contribution < 1.29 is 33.7 Å². The highest BCUT2D eigenvalue weighted by atomic mass is 31.0. The molecule has 198 valence electrons. The summed E-state index contributed by atoms with van der Waals surface area (Å²) in [6, 6.07) is 0. The Morgan fingerprint density at radius 2 is 2.11 bits per heavy atom. The van der Waals surface area contributed by atoms with E-state index in [-0.39, 0.29) is 41.3 Å². The van der Waals surface area contributed by atoms with E-state index in [1.54, 1.807) is 6.08 Å². The van der Waals surface area contributed by atoms with Gasteiger partial charge in [-0.25, -0.2) is 0 Å². The third-order valence-electron chi connectivity index (χ3n) is 9.83. The summed E-state index contributed by atoms with van der Waals surface area (Å²) in [5.74, 6) is -0.566. The Bertz CT molecular complexity index is 1010. The Hall–Kier alpha value is -1.44. The molecule has 3 fully saturated rings. The van der Waals surface area contributed by atoms with Crippen LogP contribution >= 0.6 is 9.39 Å². The van der Waals surface area contributed by atoms with E-state index in [1.165, 1.54) is 6.92 Å². The minimum atomic E-state index is -1.28. The molecule has 10 unspecified atom stereocenters. The maximum Gasteiger partial charge on any atom is 0.303 e. The molecule has 9 heteroatoms. The molecule has 36 heavy (non-hydrogen) atoms. The van der Waals surface area contributed by atoms with Crippen LogP contribution in [0.4, 0.5) is 0 Å². The predicted octanol–water partition coefficient (Wildman–Crippen LogP) is 2.65. The summed E-state index contributed by atoms with van der Waals surface area (Å²) in [4.78, 5) is 37.5. The van der Waals surface area contributed by atoms with Crippen LogP contribution in [0.3, 0.4) is 0 Å². The first-order chi connectivity index (χ1) is 17.1. The van der Waals surface area contributed by atoms with Gasteiger partial charge in [0.1, 0.15) is 0 Å². The predicted molar refractivity (Wildman–Crippen MR) is 134 cm³/mol. The molecule has 0 aromatic carbocycles. The minimum absolute atomic E-state index is 0.0525. The van der Waals surface area contributed by atoms with Crippen molar-refractivity contribution >= 4 is 26.9 Å². The summed E-state index contributed by atoms with van der Waals surface area (Å²) in [6.45, 7) is 5.88. The summed E-state index contributed by atoms with van der Waals surface area (Å²) >= 11 is 0. The first kappa shape index (κ1) is 26.2. The van der Waals surface area contributed by atoms with Crippen LogP contribution in [0.25, 0.3) is 0 Å². The zero-order chi connectivity index (χ0) is 25.9. The molecule has 0 spiro atoms. The number of ether oxygens (including phenoxy) is 3. The number of hydrogen-bond acceptors (Lipinski definition) is 8. The van der Waals surface area contributed by atoms with Gasteiger partial charge >= 0.3 is 5.97 Å². The lowest BCUT2D eigenvalue weighted by Gasteiger charge is -2.59. The van der Waals surface area contributed by atoms with Gasteiger partial charge in [-0.1, -0.05) is 41.0 Å². The van der Waals surface area contributed by atoms with Gasteiger partial charge in [-0.15, -0.1) is 0 Å². The van der Waals surface area contributed by atoms with E-state index in [1.807, 2.05) is 6.08 Å². The second-order valence-corrected chi connectivity index (χ2v) is 12.1. The number of Topliss-reactive ketones (excluding diaryl/α,β-unsaturated/α-hetero) is 1. The van der Waals surface area contributed by atoms with Gasteiger partial charge in [-0.2, -0.15) is 0 Å². The summed E-state index contributed by atoms with van der Waals surface area (Å²) in [7, 11) is 2.48. The largest absolute Gasteiger partial charge is 0.458 e. The Morgan fingerprint density at radius 1 is 1.33 bits per heavy atom. The number of aliphatic hydroxyl groups excluding tert-OH is 1. The van der Waals surface area contributed by atoms with Gasteiger partial charge in [0.25, 0.3) is 0 Å². The van der Waals surface area contributed by atoms with Crippen LogP contribution in [0.2, 0.25) is 0 Å². The molecule has 1 saturated heterocycles. The Kier molecular flexibility index (Phi) is 6.83. The SMILES string of the molecule is CC(=O)OCC(=O)C12OC(CCCNP)OC1CC1C3CC=C4CC(=O)C=CC4(C)C3C(O)CC12C. The fourth-order valence-corrected chi connectivity index (χ4v) is 8.53. The normalized spacial score (nSPS) is 44.8. The fourth-order valence-electron chi connectivity index (χ4n) is 8.32. The highest BCUT2D eigenvalue weighted by molar-refractivity contribution is 7.13. The molecule has 2 saturated carbocycles.